The molecule has 0 aliphatic carbocycles. The van der Waals surface area contributed by atoms with E-state index in [1.807, 2.05) is 18.3 Å². The highest BCUT2D eigenvalue weighted by Gasteiger charge is 2.16. The number of benzene rings is 3. The highest BCUT2D eigenvalue weighted by Crippen LogP contribution is 2.20. The van der Waals surface area contributed by atoms with Crippen molar-refractivity contribution in [2.75, 3.05) is 26.2 Å². The Labute approximate surface area is 166 Å². The Morgan fingerprint density at radius 2 is 1.63 bits per heavy atom. The van der Waals surface area contributed by atoms with Gasteiger partial charge in [0, 0.05) is 32.7 Å². The lowest BCUT2D eigenvalue weighted by Crippen LogP contribution is -2.43. The van der Waals surface area contributed by atoms with Crippen LogP contribution in [-0.4, -0.2) is 47.4 Å². The van der Waals surface area contributed by atoms with E-state index in [2.05, 4.69) is 57.5 Å². The van der Waals surface area contributed by atoms with Crippen LogP contribution in [0.15, 0.2) is 71.8 Å². The number of piperazine rings is 1. The van der Waals surface area contributed by atoms with E-state index >= 15 is 0 Å². The number of nitrogens with zero attached hydrogens (tertiary/aromatic N) is 3. The van der Waals surface area contributed by atoms with E-state index < -0.39 is 0 Å². The van der Waals surface area contributed by atoms with Crippen molar-refractivity contribution in [1.82, 2.24) is 9.91 Å². The van der Waals surface area contributed by atoms with Crippen molar-refractivity contribution < 1.29 is 5.11 Å². The van der Waals surface area contributed by atoms with E-state index in [0.29, 0.717) is 0 Å². The highest BCUT2D eigenvalue weighted by molar-refractivity contribution is 5.86. The minimum atomic E-state index is 0. The van der Waals surface area contributed by atoms with Gasteiger partial charge in [-0.05, 0) is 34.0 Å². The summed E-state index contributed by atoms with van der Waals surface area (Å²) in [7, 11) is 0. The van der Waals surface area contributed by atoms with Gasteiger partial charge in [0.2, 0.25) is 0 Å². The second-order valence-corrected chi connectivity index (χ2v) is 6.71. The molecular weight excluding hydrogens is 358 g/mol. The van der Waals surface area contributed by atoms with Crippen LogP contribution in [0.5, 0.6) is 5.75 Å². The van der Waals surface area contributed by atoms with Gasteiger partial charge < -0.3 is 5.11 Å². The quantitative estimate of drug-likeness (QED) is 0.691. The number of phenols is 1. The number of aromatic hydroxyl groups is 1. The van der Waals surface area contributed by atoms with Gasteiger partial charge in [-0.25, -0.2) is 0 Å². The van der Waals surface area contributed by atoms with Gasteiger partial charge in [0.15, 0.2) is 0 Å². The number of hydrogen-bond acceptors (Lipinski definition) is 4. The fraction of sp³-hybridized carbons (Fsp3) is 0.227. The highest BCUT2D eigenvalue weighted by atomic mass is 35.5. The van der Waals surface area contributed by atoms with E-state index in [0.717, 1.165) is 38.3 Å². The van der Waals surface area contributed by atoms with Gasteiger partial charge in [0.1, 0.15) is 5.75 Å². The number of rotatable bonds is 4. The molecule has 3 aromatic rings. The number of phenolic OH excluding ortho intramolecular Hbond substituents is 1. The number of hydrazone groups is 1. The Morgan fingerprint density at radius 1 is 0.889 bits per heavy atom. The van der Waals surface area contributed by atoms with Crippen LogP contribution >= 0.6 is 12.4 Å². The molecule has 1 fully saturated rings. The second kappa shape index (κ2) is 8.89. The van der Waals surface area contributed by atoms with Gasteiger partial charge in [0.25, 0.3) is 0 Å². The first-order chi connectivity index (χ1) is 12.8. The number of fused-ring (bicyclic) bond motifs is 1. The SMILES string of the molecule is Cl.Oc1cccc(/C=N/N2CCN(Cc3cccc4ccccc34)CC2)c1. The smallest absolute Gasteiger partial charge is 0.116 e. The van der Waals surface area contributed by atoms with Crippen molar-refractivity contribution >= 4 is 29.4 Å². The maximum absolute atomic E-state index is 9.52. The fourth-order valence-corrected chi connectivity index (χ4v) is 3.44. The van der Waals surface area contributed by atoms with Gasteiger partial charge >= 0.3 is 0 Å². The molecule has 0 radical (unpaired) electrons. The number of hydrogen-bond donors (Lipinski definition) is 1. The van der Waals surface area contributed by atoms with Crippen LogP contribution in [0.2, 0.25) is 0 Å². The Bertz CT molecular complexity index is 915. The zero-order valence-electron chi connectivity index (χ0n) is 15.2. The Hall–Kier alpha value is -2.56. The summed E-state index contributed by atoms with van der Waals surface area (Å²) < 4.78 is 0. The van der Waals surface area contributed by atoms with Crippen molar-refractivity contribution in [2.45, 2.75) is 6.54 Å². The average Bonchev–Trinajstić information content (AvgIpc) is 2.68. The van der Waals surface area contributed by atoms with Crippen LogP contribution in [0.3, 0.4) is 0 Å². The summed E-state index contributed by atoms with van der Waals surface area (Å²) in [6.07, 6.45) is 1.82. The van der Waals surface area contributed by atoms with E-state index in [1.165, 1.54) is 16.3 Å². The molecule has 0 aromatic heterocycles. The summed E-state index contributed by atoms with van der Waals surface area (Å²) in [6.45, 7) is 4.81. The van der Waals surface area contributed by atoms with Crippen LogP contribution in [0, 0.1) is 0 Å². The van der Waals surface area contributed by atoms with Crippen LogP contribution in [0.4, 0.5) is 0 Å². The monoisotopic (exact) mass is 381 g/mol. The molecular formula is C22H24ClN3O. The zero-order valence-corrected chi connectivity index (χ0v) is 16.0. The topological polar surface area (TPSA) is 39.1 Å². The van der Waals surface area contributed by atoms with Gasteiger partial charge in [-0.2, -0.15) is 5.10 Å². The Morgan fingerprint density at radius 3 is 2.44 bits per heavy atom. The molecule has 0 saturated carbocycles. The summed E-state index contributed by atoms with van der Waals surface area (Å²) in [5.41, 5.74) is 2.31. The zero-order chi connectivity index (χ0) is 17.8. The molecule has 1 N–H and O–H groups in total. The minimum Gasteiger partial charge on any atom is -0.508 e. The maximum Gasteiger partial charge on any atom is 0.116 e. The molecule has 5 heteroatoms. The third kappa shape index (κ3) is 4.79. The molecule has 140 valence electrons. The summed E-state index contributed by atoms with van der Waals surface area (Å²) in [5, 5.41) is 18.8. The summed E-state index contributed by atoms with van der Waals surface area (Å²) in [5.74, 6) is 0.272. The van der Waals surface area contributed by atoms with Crippen molar-refractivity contribution in [1.29, 1.82) is 0 Å². The largest absolute Gasteiger partial charge is 0.508 e. The standard InChI is InChI=1S/C22H23N3O.ClH/c26-21-9-3-5-18(15-21)16-23-25-13-11-24(12-14-25)17-20-8-4-7-19-6-1-2-10-22(19)20;/h1-10,15-16,26H,11-14,17H2;1H/b23-16+;. The molecule has 1 aliphatic rings. The lowest BCUT2D eigenvalue weighted by atomic mass is 10.0. The first kappa shape index (κ1) is 19.2. The summed E-state index contributed by atoms with van der Waals surface area (Å²) in [4.78, 5) is 2.49. The molecule has 0 atom stereocenters. The number of halogens is 1. The average molecular weight is 382 g/mol. The van der Waals surface area contributed by atoms with Crippen molar-refractivity contribution in [3.8, 4) is 5.75 Å². The Balaban J connectivity index is 0.00000210. The maximum atomic E-state index is 9.52. The van der Waals surface area contributed by atoms with Crippen molar-refractivity contribution in [3.63, 3.8) is 0 Å². The van der Waals surface area contributed by atoms with Crippen molar-refractivity contribution in [3.05, 3.63) is 77.9 Å². The normalized spacial score (nSPS) is 15.2. The van der Waals surface area contributed by atoms with Gasteiger partial charge in [-0.15, -0.1) is 12.4 Å². The lowest BCUT2D eigenvalue weighted by molar-refractivity contribution is 0.131. The minimum absolute atomic E-state index is 0. The van der Waals surface area contributed by atoms with E-state index in [4.69, 9.17) is 0 Å². The predicted molar refractivity (Wildman–Crippen MR) is 114 cm³/mol. The van der Waals surface area contributed by atoms with E-state index in [1.54, 1.807) is 12.1 Å². The predicted octanol–water partition coefficient (Wildman–Crippen LogP) is 4.12. The molecule has 1 saturated heterocycles. The van der Waals surface area contributed by atoms with Crippen LogP contribution in [0.25, 0.3) is 10.8 Å². The third-order valence-electron chi connectivity index (χ3n) is 4.86. The molecule has 1 heterocycles. The first-order valence-corrected chi connectivity index (χ1v) is 9.05. The molecule has 0 amide bonds. The van der Waals surface area contributed by atoms with Crippen LogP contribution in [0.1, 0.15) is 11.1 Å². The molecule has 1 aliphatic heterocycles. The summed E-state index contributed by atoms with van der Waals surface area (Å²) in [6, 6.07) is 22.3. The van der Waals surface area contributed by atoms with Crippen LogP contribution in [-0.2, 0) is 6.54 Å². The second-order valence-electron chi connectivity index (χ2n) is 6.71. The van der Waals surface area contributed by atoms with Crippen LogP contribution < -0.4 is 0 Å². The molecule has 0 unspecified atom stereocenters. The van der Waals surface area contributed by atoms with Gasteiger partial charge in [0.05, 0.1) is 6.21 Å². The third-order valence-corrected chi connectivity index (χ3v) is 4.86. The fourth-order valence-electron chi connectivity index (χ4n) is 3.44. The van der Waals surface area contributed by atoms with E-state index in [9.17, 15) is 5.11 Å². The molecule has 4 rings (SSSR count). The van der Waals surface area contributed by atoms with E-state index in [-0.39, 0.29) is 18.2 Å². The summed E-state index contributed by atoms with van der Waals surface area (Å²) >= 11 is 0. The first-order valence-electron chi connectivity index (χ1n) is 9.05. The molecule has 27 heavy (non-hydrogen) atoms. The Kier molecular flexibility index (Phi) is 6.32. The molecule has 0 bridgehead atoms. The molecule has 3 aromatic carbocycles. The van der Waals surface area contributed by atoms with Crippen molar-refractivity contribution in [2.24, 2.45) is 5.10 Å². The van der Waals surface area contributed by atoms with Gasteiger partial charge in [-0.3, -0.25) is 9.91 Å². The molecule has 4 nitrogen and oxygen atoms in total. The molecule has 0 spiro atoms. The lowest BCUT2D eigenvalue weighted by Gasteiger charge is -2.33. The van der Waals surface area contributed by atoms with Gasteiger partial charge in [-0.1, -0.05) is 54.6 Å².